The summed E-state index contributed by atoms with van der Waals surface area (Å²) in [6.07, 6.45) is 62.7. The summed E-state index contributed by atoms with van der Waals surface area (Å²) < 4.78 is 23.1. The molecule has 61 heavy (non-hydrogen) atoms. The topological polar surface area (TPSA) is 108 Å². The fraction of sp³-hybridized carbons (Fsp3) is 0.596. The molecule has 2 N–H and O–H groups in total. The molecule has 0 aromatic carbocycles. The maximum atomic E-state index is 12.8. The van der Waals surface area contributed by atoms with Gasteiger partial charge >= 0.3 is 0 Å². The zero-order valence-electron chi connectivity index (χ0n) is 39.1. The van der Waals surface area contributed by atoms with Crippen LogP contribution < -0.4 is 10.2 Å². The molecule has 0 rings (SSSR count). The third kappa shape index (κ3) is 44.8. The average Bonchev–Trinajstić information content (AvgIpc) is 3.21. The van der Waals surface area contributed by atoms with E-state index in [4.69, 9.17) is 9.05 Å². The molecule has 9 heteroatoms. The fourth-order valence-corrected chi connectivity index (χ4v) is 6.46. The van der Waals surface area contributed by atoms with Crippen molar-refractivity contribution < 1.29 is 32.9 Å². The van der Waals surface area contributed by atoms with Crippen molar-refractivity contribution >= 4 is 13.7 Å². The van der Waals surface area contributed by atoms with Crippen LogP contribution in [0.15, 0.2) is 122 Å². The lowest BCUT2D eigenvalue weighted by molar-refractivity contribution is -0.870. The highest BCUT2D eigenvalue weighted by molar-refractivity contribution is 7.45. The van der Waals surface area contributed by atoms with E-state index in [1.165, 1.54) is 38.5 Å². The van der Waals surface area contributed by atoms with E-state index in [1.807, 2.05) is 27.2 Å². The number of nitrogens with one attached hydrogen (secondary N) is 1. The summed E-state index contributed by atoms with van der Waals surface area (Å²) in [4.78, 5) is 25.2. The summed E-state index contributed by atoms with van der Waals surface area (Å²) in [5.41, 5.74) is 0. The van der Waals surface area contributed by atoms with Crippen molar-refractivity contribution in [3.05, 3.63) is 122 Å². The van der Waals surface area contributed by atoms with E-state index in [9.17, 15) is 19.4 Å². The molecule has 0 aliphatic rings. The Labute approximate surface area is 374 Å². The Balaban J connectivity index is 4.40. The van der Waals surface area contributed by atoms with Crippen LogP contribution in [0.3, 0.4) is 0 Å². The normalized spacial score (nSPS) is 15.3. The standard InChI is InChI=1S/C52H87N2O6P/c1-6-8-10-12-14-16-18-19-20-21-22-23-24-25-26-27-28-29-30-31-32-33-34-35-36-38-40-42-44-46-52(56)53-50(49-60-61(57,58)59-48-47-54(3,4)5)51(55)45-43-41-39-37-17-15-13-11-9-7-2/h8,10,14,16,19-20,22-23,25-26,28-29,31-32,34-35,38,40,43,45,50-51,55H,6-7,9,11-13,15,17-18,21,24,27,30,33,36-37,39,41-42,44,46-49H2,1-5H3,(H-,53,56,57,58)/b10-8-,16-14-,20-19-,23-22-,26-25-,29-28-,32-31-,35-34-,40-38-,45-43+. The van der Waals surface area contributed by atoms with Crippen LogP contribution in [0.4, 0.5) is 0 Å². The second-order valence-corrected chi connectivity index (χ2v) is 17.8. The number of amides is 1. The lowest BCUT2D eigenvalue weighted by atomic mass is 10.1. The highest BCUT2D eigenvalue weighted by Gasteiger charge is 2.23. The number of phosphoric acid groups is 1. The molecule has 0 saturated carbocycles. The van der Waals surface area contributed by atoms with Crippen LogP contribution in [0.2, 0.25) is 0 Å². The molecule has 3 unspecified atom stereocenters. The number of hydrogen-bond acceptors (Lipinski definition) is 6. The van der Waals surface area contributed by atoms with Crippen LogP contribution >= 0.6 is 7.82 Å². The lowest BCUT2D eigenvalue weighted by Crippen LogP contribution is -2.45. The molecule has 0 radical (unpaired) electrons. The minimum atomic E-state index is -4.61. The lowest BCUT2D eigenvalue weighted by Gasteiger charge is -2.29. The molecule has 0 spiro atoms. The molecule has 1 amide bonds. The average molecular weight is 867 g/mol. The smallest absolute Gasteiger partial charge is 0.268 e. The maximum Gasteiger partial charge on any atom is 0.268 e. The largest absolute Gasteiger partial charge is 0.756 e. The summed E-state index contributed by atoms with van der Waals surface area (Å²) in [5, 5.41) is 13.7. The molecule has 0 heterocycles. The first kappa shape index (κ1) is 57.9. The number of aliphatic hydroxyl groups excluding tert-OH is 1. The van der Waals surface area contributed by atoms with Gasteiger partial charge < -0.3 is 28.8 Å². The molecule has 0 aromatic rings. The van der Waals surface area contributed by atoms with Gasteiger partial charge in [-0.25, -0.2) is 0 Å². The van der Waals surface area contributed by atoms with Crippen molar-refractivity contribution in [3.63, 3.8) is 0 Å². The molecular formula is C52H87N2O6P. The fourth-order valence-electron chi connectivity index (χ4n) is 5.74. The minimum absolute atomic E-state index is 0.0194. The van der Waals surface area contributed by atoms with E-state index < -0.39 is 26.6 Å². The molecule has 3 atom stereocenters. The van der Waals surface area contributed by atoms with Crippen molar-refractivity contribution in [1.82, 2.24) is 5.32 Å². The van der Waals surface area contributed by atoms with Crippen LogP contribution in [0, 0.1) is 0 Å². The molecular weight excluding hydrogens is 780 g/mol. The summed E-state index contributed by atoms with van der Waals surface area (Å²) in [5.74, 6) is -0.264. The van der Waals surface area contributed by atoms with Gasteiger partial charge in [0, 0.05) is 6.42 Å². The number of phosphoric ester groups is 1. The first-order valence-corrected chi connectivity index (χ1v) is 24.9. The monoisotopic (exact) mass is 867 g/mol. The van der Waals surface area contributed by atoms with Crippen molar-refractivity contribution in [1.29, 1.82) is 0 Å². The van der Waals surface area contributed by atoms with Crippen LogP contribution in [0.5, 0.6) is 0 Å². The zero-order chi connectivity index (χ0) is 45.0. The molecule has 0 aromatic heterocycles. The first-order chi connectivity index (χ1) is 29.5. The van der Waals surface area contributed by atoms with E-state index in [0.29, 0.717) is 17.4 Å². The van der Waals surface area contributed by atoms with E-state index in [1.54, 1.807) is 6.08 Å². The Bertz CT molecular complexity index is 1400. The number of rotatable bonds is 40. The van der Waals surface area contributed by atoms with Gasteiger partial charge in [0.15, 0.2) is 0 Å². The number of unbranched alkanes of at least 4 members (excludes halogenated alkanes) is 9. The number of nitrogens with zero attached hydrogens (tertiary/aromatic N) is 1. The van der Waals surface area contributed by atoms with Crippen molar-refractivity contribution in [3.8, 4) is 0 Å². The summed E-state index contributed by atoms with van der Waals surface area (Å²) >= 11 is 0. The van der Waals surface area contributed by atoms with Crippen LogP contribution in [-0.2, 0) is 18.4 Å². The number of hydrogen-bond donors (Lipinski definition) is 2. The summed E-state index contributed by atoms with van der Waals surface area (Å²) in [6, 6.07) is -0.924. The van der Waals surface area contributed by atoms with Gasteiger partial charge in [0.2, 0.25) is 5.91 Å². The summed E-state index contributed by atoms with van der Waals surface area (Å²) in [7, 11) is 1.20. The molecule has 0 aliphatic carbocycles. The van der Waals surface area contributed by atoms with Gasteiger partial charge in [0.25, 0.3) is 7.82 Å². The molecule has 346 valence electrons. The minimum Gasteiger partial charge on any atom is -0.756 e. The molecule has 0 bridgehead atoms. The molecule has 0 aliphatic heterocycles. The quantitative estimate of drug-likeness (QED) is 0.0275. The van der Waals surface area contributed by atoms with Crippen molar-refractivity contribution in [2.24, 2.45) is 0 Å². The van der Waals surface area contributed by atoms with Gasteiger partial charge in [-0.1, -0.05) is 180 Å². The van der Waals surface area contributed by atoms with Crippen LogP contribution in [0.25, 0.3) is 0 Å². The molecule has 8 nitrogen and oxygen atoms in total. The van der Waals surface area contributed by atoms with Gasteiger partial charge in [0.1, 0.15) is 13.2 Å². The van der Waals surface area contributed by atoms with E-state index in [2.05, 4.69) is 129 Å². The van der Waals surface area contributed by atoms with E-state index in [0.717, 1.165) is 83.5 Å². The first-order valence-electron chi connectivity index (χ1n) is 23.4. The van der Waals surface area contributed by atoms with Gasteiger partial charge in [-0.3, -0.25) is 9.36 Å². The Morgan fingerprint density at radius 3 is 1.44 bits per heavy atom. The number of aliphatic hydroxyl groups is 1. The third-order valence-electron chi connectivity index (χ3n) is 9.43. The van der Waals surface area contributed by atoms with Gasteiger partial charge in [0.05, 0.1) is 39.9 Å². The predicted octanol–water partition coefficient (Wildman–Crippen LogP) is 12.8. The Hall–Kier alpha value is -3.10. The predicted molar refractivity (Wildman–Crippen MR) is 260 cm³/mol. The Morgan fingerprint density at radius 1 is 0.590 bits per heavy atom. The second-order valence-electron chi connectivity index (χ2n) is 16.4. The SMILES string of the molecule is CC/C=C\C/C=C\C/C=C\C/C=C\C/C=C\C/C=C\C/C=C\C/C=C\C/C=C\CCCC(=O)NC(COP(=O)([O-])OCC[N+](C)(C)C)C(O)/C=C/CCCCCCCCCC. The third-order valence-corrected chi connectivity index (χ3v) is 10.4. The van der Waals surface area contributed by atoms with Gasteiger partial charge in [-0.15, -0.1) is 0 Å². The van der Waals surface area contributed by atoms with Crippen LogP contribution in [-0.4, -0.2) is 68.5 Å². The van der Waals surface area contributed by atoms with Gasteiger partial charge in [-0.05, 0) is 83.5 Å². The number of likely N-dealkylation sites (N-methyl/N-ethyl adjacent to an activating group) is 1. The number of quaternary nitrogens is 1. The van der Waals surface area contributed by atoms with E-state index in [-0.39, 0.29) is 18.9 Å². The maximum absolute atomic E-state index is 12.8. The number of carbonyl (C=O) groups is 1. The molecule has 0 fully saturated rings. The Kier molecular flexibility index (Phi) is 40.1. The number of allylic oxidation sites excluding steroid dienone is 19. The van der Waals surface area contributed by atoms with Crippen LogP contribution in [0.1, 0.15) is 149 Å². The van der Waals surface area contributed by atoms with Gasteiger partial charge in [-0.2, -0.15) is 0 Å². The highest BCUT2D eigenvalue weighted by Crippen LogP contribution is 2.38. The van der Waals surface area contributed by atoms with E-state index >= 15 is 0 Å². The number of carbonyl (C=O) groups excluding carboxylic acids is 1. The Morgan fingerprint density at radius 2 is 1.00 bits per heavy atom. The van der Waals surface area contributed by atoms with Crippen molar-refractivity contribution in [2.45, 2.75) is 161 Å². The molecule has 0 saturated heterocycles. The summed E-state index contributed by atoms with van der Waals surface area (Å²) in [6.45, 7) is 4.42. The zero-order valence-corrected chi connectivity index (χ0v) is 39.9. The highest BCUT2D eigenvalue weighted by atomic mass is 31.2. The van der Waals surface area contributed by atoms with Crippen molar-refractivity contribution in [2.75, 3.05) is 40.9 Å². The second kappa shape index (κ2) is 42.2.